The van der Waals surface area contributed by atoms with Crippen LogP contribution in [0.2, 0.25) is 10.0 Å². The van der Waals surface area contributed by atoms with Gasteiger partial charge >= 0.3 is 6.03 Å². The van der Waals surface area contributed by atoms with Crippen molar-refractivity contribution in [2.45, 2.75) is 0 Å². The molecule has 0 aromatic heterocycles. The van der Waals surface area contributed by atoms with E-state index in [1.807, 2.05) is 0 Å². The molecule has 27 heavy (non-hydrogen) atoms. The third-order valence-corrected chi connectivity index (χ3v) is 4.51. The zero-order valence-electron chi connectivity index (χ0n) is 14.4. The number of carbonyl (C=O) groups excluding carboxylic acids is 3. The number of para-hydroxylation sites is 1. The molecule has 0 saturated carbocycles. The summed E-state index contributed by atoms with van der Waals surface area (Å²) in [5, 5.41) is 0.789. The van der Waals surface area contributed by atoms with Gasteiger partial charge in [0.05, 0.1) is 5.02 Å². The van der Waals surface area contributed by atoms with E-state index in [9.17, 15) is 14.4 Å². The lowest BCUT2D eigenvalue weighted by Gasteiger charge is -2.29. The maximum atomic E-state index is 12.4. The highest BCUT2D eigenvalue weighted by molar-refractivity contribution is 6.35. The second-order valence-electron chi connectivity index (χ2n) is 5.78. The number of hydrogen-bond acceptors (Lipinski definition) is 4. The number of imide groups is 2. The molecule has 0 aliphatic carbocycles. The molecule has 0 bridgehead atoms. The number of barbiturate groups is 1. The number of likely N-dealkylation sites (N-methyl/N-ethyl adjacent to an activating group) is 2. The van der Waals surface area contributed by atoms with Gasteiger partial charge < -0.3 is 4.74 Å². The molecule has 0 N–H and O–H groups in total. The van der Waals surface area contributed by atoms with Crippen LogP contribution in [0.3, 0.4) is 0 Å². The summed E-state index contributed by atoms with van der Waals surface area (Å²) < 4.78 is 5.83. The molecule has 0 radical (unpaired) electrons. The van der Waals surface area contributed by atoms with Crippen LogP contribution >= 0.6 is 23.2 Å². The minimum Gasteiger partial charge on any atom is -0.455 e. The van der Waals surface area contributed by atoms with Crippen LogP contribution in [0, 0.1) is 0 Å². The van der Waals surface area contributed by atoms with Crippen LogP contribution in [0.15, 0.2) is 48.0 Å². The highest BCUT2D eigenvalue weighted by Gasteiger charge is 2.37. The highest BCUT2D eigenvalue weighted by atomic mass is 35.5. The Labute approximate surface area is 165 Å². The fourth-order valence-electron chi connectivity index (χ4n) is 2.50. The Hall–Kier alpha value is -2.83. The van der Waals surface area contributed by atoms with Gasteiger partial charge in [-0.15, -0.1) is 0 Å². The standard InChI is InChI=1S/C19H14Cl2N2O4/c1-22-17(24)13(18(25)23(2)19(22)26)9-11-5-3-4-6-15(11)27-16-8-7-12(20)10-14(16)21/h3-10H,1-2H3. The van der Waals surface area contributed by atoms with Crippen molar-refractivity contribution in [3.8, 4) is 11.5 Å². The summed E-state index contributed by atoms with van der Waals surface area (Å²) in [7, 11) is 2.63. The van der Waals surface area contributed by atoms with Crippen LogP contribution in [0.25, 0.3) is 6.08 Å². The molecule has 0 spiro atoms. The van der Waals surface area contributed by atoms with Crippen LogP contribution in [0.5, 0.6) is 11.5 Å². The number of nitrogens with zero attached hydrogens (tertiary/aromatic N) is 2. The predicted octanol–water partition coefficient (Wildman–Crippen LogP) is 4.22. The summed E-state index contributed by atoms with van der Waals surface area (Å²) in [6.45, 7) is 0. The summed E-state index contributed by atoms with van der Waals surface area (Å²) in [6, 6.07) is 10.9. The fourth-order valence-corrected chi connectivity index (χ4v) is 2.95. The summed E-state index contributed by atoms with van der Waals surface area (Å²) in [6.07, 6.45) is 1.39. The normalized spacial score (nSPS) is 14.7. The largest absolute Gasteiger partial charge is 0.455 e. The van der Waals surface area contributed by atoms with Gasteiger partial charge in [0.15, 0.2) is 0 Å². The van der Waals surface area contributed by atoms with E-state index in [4.69, 9.17) is 27.9 Å². The zero-order chi connectivity index (χ0) is 19.7. The number of amides is 4. The molecule has 2 aromatic carbocycles. The van der Waals surface area contributed by atoms with Crippen LogP contribution in [-0.2, 0) is 9.59 Å². The smallest absolute Gasteiger partial charge is 0.333 e. The molecular formula is C19H14Cl2N2O4. The van der Waals surface area contributed by atoms with Gasteiger partial charge in [0.1, 0.15) is 17.1 Å². The molecule has 4 amide bonds. The van der Waals surface area contributed by atoms with Gasteiger partial charge in [-0.1, -0.05) is 41.4 Å². The summed E-state index contributed by atoms with van der Waals surface area (Å²) in [5.41, 5.74) is 0.342. The quantitative estimate of drug-likeness (QED) is 0.567. The van der Waals surface area contributed by atoms with E-state index in [2.05, 4.69) is 0 Å². The van der Waals surface area contributed by atoms with Crippen molar-refractivity contribution in [2.75, 3.05) is 14.1 Å². The Morgan fingerprint density at radius 2 is 1.52 bits per heavy atom. The monoisotopic (exact) mass is 404 g/mol. The Morgan fingerprint density at radius 1 is 0.889 bits per heavy atom. The third-order valence-electron chi connectivity index (χ3n) is 3.98. The lowest BCUT2D eigenvalue weighted by Crippen LogP contribution is -2.52. The average molecular weight is 405 g/mol. The molecule has 0 atom stereocenters. The fraction of sp³-hybridized carbons (Fsp3) is 0.105. The molecule has 138 valence electrons. The first-order valence-electron chi connectivity index (χ1n) is 7.83. The van der Waals surface area contributed by atoms with Crippen LogP contribution in [0.4, 0.5) is 4.79 Å². The van der Waals surface area contributed by atoms with E-state index >= 15 is 0 Å². The van der Waals surface area contributed by atoms with Crippen molar-refractivity contribution in [1.82, 2.24) is 9.80 Å². The number of rotatable bonds is 3. The van der Waals surface area contributed by atoms with E-state index in [0.29, 0.717) is 27.1 Å². The number of hydrogen-bond donors (Lipinski definition) is 0. The van der Waals surface area contributed by atoms with Crippen LogP contribution in [0.1, 0.15) is 5.56 Å². The molecule has 3 rings (SSSR count). The lowest BCUT2D eigenvalue weighted by atomic mass is 10.1. The molecular weight excluding hydrogens is 391 g/mol. The maximum absolute atomic E-state index is 12.4. The van der Waals surface area contributed by atoms with Crippen molar-refractivity contribution >= 4 is 47.1 Å². The SMILES string of the molecule is CN1C(=O)C(=Cc2ccccc2Oc2ccc(Cl)cc2Cl)C(=O)N(C)C1=O. The zero-order valence-corrected chi connectivity index (χ0v) is 15.9. The number of benzene rings is 2. The molecule has 1 heterocycles. The predicted molar refractivity (Wildman–Crippen MR) is 102 cm³/mol. The number of urea groups is 1. The molecule has 0 unspecified atom stereocenters. The van der Waals surface area contributed by atoms with Crippen molar-refractivity contribution < 1.29 is 19.1 Å². The first-order valence-corrected chi connectivity index (χ1v) is 8.59. The summed E-state index contributed by atoms with van der Waals surface area (Å²) >= 11 is 12.0. The van der Waals surface area contributed by atoms with Gasteiger partial charge in [0.25, 0.3) is 11.8 Å². The van der Waals surface area contributed by atoms with Crippen molar-refractivity contribution in [3.63, 3.8) is 0 Å². The Kier molecular flexibility index (Phi) is 5.21. The Balaban J connectivity index is 2.01. The van der Waals surface area contributed by atoms with Crippen molar-refractivity contribution in [2.24, 2.45) is 0 Å². The maximum Gasteiger partial charge on any atom is 0.333 e. The Morgan fingerprint density at radius 3 is 2.15 bits per heavy atom. The first kappa shape index (κ1) is 18.9. The number of ether oxygens (including phenoxy) is 1. The molecule has 1 aliphatic rings. The molecule has 6 nitrogen and oxygen atoms in total. The minimum atomic E-state index is -0.681. The highest BCUT2D eigenvalue weighted by Crippen LogP contribution is 2.34. The van der Waals surface area contributed by atoms with Gasteiger partial charge in [0, 0.05) is 24.7 Å². The lowest BCUT2D eigenvalue weighted by molar-refractivity contribution is -0.134. The summed E-state index contributed by atoms with van der Waals surface area (Å²) in [5.74, 6) is -0.598. The third kappa shape index (κ3) is 3.67. The second-order valence-corrected chi connectivity index (χ2v) is 6.63. The minimum absolute atomic E-state index is 0.141. The molecule has 1 saturated heterocycles. The van der Waals surface area contributed by atoms with Crippen molar-refractivity contribution in [1.29, 1.82) is 0 Å². The van der Waals surface area contributed by atoms with E-state index in [1.54, 1.807) is 42.5 Å². The van der Waals surface area contributed by atoms with E-state index < -0.39 is 17.8 Å². The molecule has 8 heteroatoms. The molecule has 1 aliphatic heterocycles. The van der Waals surface area contributed by atoms with E-state index in [-0.39, 0.29) is 5.57 Å². The van der Waals surface area contributed by atoms with Gasteiger partial charge in [-0.05, 0) is 30.3 Å². The van der Waals surface area contributed by atoms with Crippen LogP contribution < -0.4 is 4.74 Å². The van der Waals surface area contributed by atoms with Gasteiger partial charge in [-0.3, -0.25) is 19.4 Å². The van der Waals surface area contributed by atoms with Crippen molar-refractivity contribution in [3.05, 3.63) is 63.6 Å². The Bertz CT molecular complexity index is 961. The van der Waals surface area contributed by atoms with E-state index in [0.717, 1.165) is 9.80 Å². The van der Waals surface area contributed by atoms with Gasteiger partial charge in [-0.25, -0.2) is 4.79 Å². The second kappa shape index (κ2) is 7.42. The molecule has 1 fully saturated rings. The molecule has 2 aromatic rings. The summed E-state index contributed by atoms with van der Waals surface area (Å²) in [4.78, 5) is 38.4. The number of carbonyl (C=O) groups is 3. The van der Waals surface area contributed by atoms with E-state index in [1.165, 1.54) is 20.2 Å². The number of halogens is 2. The van der Waals surface area contributed by atoms with Gasteiger partial charge in [-0.2, -0.15) is 0 Å². The van der Waals surface area contributed by atoms with Gasteiger partial charge in [0.2, 0.25) is 0 Å². The van der Waals surface area contributed by atoms with Crippen LogP contribution in [-0.4, -0.2) is 41.7 Å². The first-order chi connectivity index (χ1) is 12.8. The average Bonchev–Trinajstić information content (AvgIpc) is 2.65. The topological polar surface area (TPSA) is 66.9 Å².